The van der Waals surface area contributed by atoms with Gasteiger partial charge in [-0.2, -0.15) is 0 Å². The number of benzene rings is 2. The van der Waals surface area contributed by atoms with Crippen LogP contribution in [-0.4, -0.2) is 58.5 Å². The van der Waals surface area contributed by atoms with E-state index in [4.69, 9.17) is 0 Å². The van der Waals surface area contributed by atoms with Crippen LogP contribution in [0.4, 0.5) is 5.69 Å². The Morgan fingerprint density at radius 3 is 2.55 bits per heavy atom. The lowest BCUT2D eigenvalue weighted by Gasteiger charge is -2.21. The van der Waals surface area contributed by atoms with Crippen LogP contribution in [-0.2, 0) is 16.6 Å². The van der Waals surface area contributed by atoms with E-state index in [0.29, 0.717) is 16.4 Å². The minimum atomic E-state index is -3.51. The van der Waals surface area contributed by atoms with Crippen LogP contribution in [0.5, 0.6) is 0 Å². The zero-order valence-electron chi connectivity index (χ0n) is 18.8. The van der Waals surface area contributed by atoms with E-state index in [1.165, 1.54) is 15.6 Å². The molecule has 168 valence electrons. The molecule has 2 aromatic rings. The Kier molecular flexibility index (Phi) is 7.56. The van der Waals surface area contributed by atoms with Gasteiger partial charge in [-0.25, -0.2) is 17.7 Å². The number of aliphatic imine (C=N–C) groups is 1. The highest BCUT2D eigenvalue weighted by Crippen LogP contribution is 2.21. The molecule has 1 heterocycles. The molecule has 1 saturated heterocycles. The number of rotatable bonds is 7. The zero-order valence-corrected chi connectivity index (χ0v) is 19.6. The van der Waals surface area contributed by atoms with E-state index in [2.05, 4.69) is 51.7 Å². The molecule has 0 spiro atoms. The Morgan fingerprint density at radius 1 is 1.16 bits per heavy atom. The van der Waals surface area contributed by atoms with Gasteiger partial charge in [0.05, 0.1) is 11.4 Å². The fourth-order valence-corrected chi connectivity index (χ4v) is 4.74. The minimum absolute atomic E-state index is 0.278. The van der Waals surface area contributed by atoms with Crippen LogP contribution < -0.4 is 15.5 Å². The van der Waals surface area contributed by atoms with Crippen LogP contribution in [0.25, 0.3) is 0 Å². The van der Waals surface area contributed by atoms with Crippen LogP contribution in [0.1, 0.15) is 24.5 Å². The van der Waals surface area contributed by atoms with Crippen molar-refractivity contribution >= 4 is 21.7 Å². The van der Waals surface area contributed by atoms with Gasteiger partial charge in [0.1, 0.15) is 0 Å². The van der Waals surface area contributed by atoms with Crippen molar-refractivity contribution in [3.05, 3.63) is 59.7 Å². The van der Waals surface area contributed by atoms with Crippen molar-refractivity contribution in [1.29, 1.82) is 0 Å². The number of aryl methyl sites for hydroxylation is 1. The molecule has 0 aliphatic carbocycles. The molecule has 0 saturated carbocycles. The lowest BCUT2D eigenvalue weighted by atomic mass is 10.2. The maximum absolute atomic E-state index is 12.6. The highest BCUT2D eigenvalue weighted by atomic mass is 32.2. The van der Waals surface area contributed by atoms with E-state index in [1.807, 2.05) is 19.1 Å². The van der Waals surface area contributed by atoms with Crippen molar-refractivity contribution in [2.24, 2.45) is 4.99 Å². The van der Waals surface area contributed by atoms with Crippen molar-refractivity contribution in [1.82, 2.24) is 14.9 Å². The normalized spacial score (nSPS) is 17.3. The molecule has 1 unspecified atom stereocenters. The largest absolute Gasteiger partial charge is 0.369 e. The Bertz CT molecular complexity index is 1000. The molecule has 0 aromatic heterocycles. The second-order valence-electron chi connectivity index (χ2n) is 8.00. The molecule has 8 heteroatoms. The van der Waals surface area contributed by atoms with Crippen molar-refractivity contribution < 1.29 is 8.42 Å². The van der Waals surface area contributed by atoms with Gasteiger partial charge in [-0.15, -0.1) is 0 Å². The van der Waals surface area contributed by atoms with Crippen molar-refractivity contribution in [3.63, 3.8) is 0 Å². The third-order valence-electron chi connectivity index (χ3n) is 5.41. The van der Waals surface area contributed by atoms with E-state index in [9.17, 15) is 8.42 Å². The zero-order chi connectivity index (χ0) is 22.4. The van der Waals surface area contributed by atoms with Crippen LogP contribution in [0.15, 0.2) is 58.4 Å². The van der Waals surface area contributed by atoms with Crippen LogP contribution >= 0.6 is 0 Å². The number of nitrogens with one attached hydrogen (secondary N) is 2. The Morgan fingerprint density at radius 2 is 1.87 bits per heavy atom. The van der Waals surface area contributed by atoms with E-state index in [0.717, 1.165) is 26.1 Å². The predicted octanol–water partition coefficient (Wildman–Crippen LogP) is 2.58. The maximum atomic E-state index is 12.6. The summed E-state index contributed by atoms with van der Waals surface area (Å²) in [6.45, 7) is 7.03. The molecule has 7 nitrogen and oxygen atoms in total. The summed E-state index contributed by atoms with van der Waals surface area (Å²) in [7, 11) is -0.429. The minimum Gasteiger partial charge on any atom is -0.369 e. The number of hydrogen-bond donors (Lipinski definition) is 2. The molecule has 1 atom stereocenters. The van der Waals surface area contributed by atoms with Gasteiger partial charge >= 0.3 is 0 Å². The maximum Gasteiger partial charge on any atom is 0.242 e. The quantitative estimate of drug-likeness (QED) is 0.508. The lowest BCUT2D eigenvalue weighted by Crippen LogP contribution is -2.44. The smallest absolute Gasteiger partial charge is 0.242 e. The molecular weight excluding hydrogens is 410 g/mol. The summed E-state index contributed by atoms with van der Waals surface area (Å²) < 4.78 is 26.5. The van der Waals surface area contributed by atoms with Gasteiger partial charge in [-0.3, -0.25) is 0 Å². The number of anilines is 1. The third-order valence-corrected chi connectivity index (χ3v) is 7.33. The standard InChI is InChI=1S/C23H33N5O2S/c1-5-24-23(25-16-19-8-6-7-9-22(19)31(29,30)27(3)4)26-20-14-15-28(17-20)21-12-10-18(2)11-13-21/h6-13,20H,5,14-17H2,1-4H3,(H2,24,25,26). The highest BCUT2D eigenvalue weighted by molar-refractivity contribution is 7.89. The summed E-state index contributed by atoms with van der Waals surface area (Å²) >= 11 is 0. The molecule has 3 rings (SSSR count). The summed E-state index contributed by atoms with van der Waals surface area (Å²) in [6, 6.07) is 15.9. The van der Waals surface area contributed by atoms with Gasteiger partial charge in [0.15, 0.2) is 5.96 Å². The van der Waals surface area contributed by atoms with Gasteiger partial charge in [0, 0.05) is 45.5 Å². The van der Waals surface area contributed by atoms with Gasteiger partial charge in [0.25, 0.3) is 0 Å². The van der Waals surface area contributed by atoms with E-state index >= 15 is 0 Å². The number of sulfonamides is 1. The fourth-order valence-electron chi connectivity index (χ4n) is 3.63. The Hall–Kier alpha value is -2.58. The van der Waals surface area contributed by atoms with Crippen LogP contribution in [0, 0.1) is 6.92 Å². The van der Waals surface area contributed by atoms with Gasteiger partial charge in [0.2, 0.25) is 10.0 Å². The number of nitrogens with zero attached hydrogens (tertiary/aromatic N) is 3. The Labute approximate surface area is 186 Å². The topological polar surface area (TPSA) is 77.0 Å². The summed E-state index contributed by atoms with van der Waals surface area (Å²) in [5.74, 6) is 0.704. The first-order chi connectivity index (χ1) is 14.8. The average molecular weight is 444 g/mol. The van der Waals surface area contributed by atoms with Crippen molar-refractivity contribution in [3.8, 4) is 0 Å². The first-order valence-electron chi connectivity index (χ1n) is 10.7. The average Bonchev–Trinajstić information content (AvgIpc) is 3.21. The summed E-state index contributed by atoms with van der Waals surface area (Å²) in [5.41, 5.74) is 3.18. The monoisotopic (exact) mass is 443 g/mol. The first kappa shape index (κ1) is 23.1. The first-order valence-corrected chi connectivity index (χ1v) is 12.1. The van der Waals surface area contributed by atoms with E-state index in [1.54, 1.807) is 26.2 Å². The Balaban J connectivity index is 1.70. The molecule has 0 radical (unpaired) electrons. The second-order valence-corrected chi connectivity index (χ2v) is 10.1. The third kappa shape index (κ3) is 5.77. The molecule has 1 aliphatic rings. The highest BCUT2D eigenvalue weighted by Gasteiger charge is 2.24. The van der Waals surface area contributed by atoms with Crippen LogP contribution in [0.3, 0.4) is 0 Å². The molecule has 2 N–H and O–H groups in total. The lowest BCUT2D eigenvalue weighted by molar-refractivity contribution is 0.519. The van der Waals surface area contributed by atoms with Crippen molar-refractivity contribution in [2.75, 3.05) is 38.6 Å². The predicted molar refractivity (Wildman–Crippen MR) is 127 cm³/mol. The summed E-state index contributed by atoms with van der Waals surface area (Å²) in [4.78, 5) is 7.35. The molecule has 0 amide bonds. The molecule has 1 fully saturated rings. The fraction of sp³-hybridized carbons (Fsp3) is 0.435. The molecule has 1 aliphatic heterocycles. The molecular formula is C23H33N5O2S. The SMILES string of the molecule is CCNC(=NCc1ccccc1S(=O)(=O)N(C)C)NC1CCN(c2ccc(C)cc2)C1. The number of hydrogen-bond acceptors (Lipinski definition) is 4. The van der Waals surface area contributed by atoms with E-state index in [-0.39, 0.29) is 12.6 Å². The van der Waals surface area contributed by atoms with Gasteiger partial charge < -0.3 is 15.5 Å². The summed E-state index contributed by atoms with van der Waals surface area (Å²) in [5, 5.41) is 6.80. The van der Waals surface area contributed by atoms with Crippen molar-refractivity contribution in [2.45, 2.75) is 37.8 Å². The number of guanidine groups is 1. The van der Waals surface area contributed by atoms with Gasteiger partial charge in [-0.05, 0) is 44.0 Å². The molecule has 31 heavy (non-hydrogen) atoms. The summed E-state index contributed by atoms with van der Waals surface area (Å²) in [6.07, 6.45) is 1.02. The molecule has 2 aromatic carbocycles. The van der Waals surface area contributed by atoms with Crippen LogP contribution in [0.2, 0.25) is 0 Å². The van der Waals surface area contributed by atoms with Gasteiger partial charge in [-0.1, -0.05) is 35.9 Å². The molecule has 0 bridgehead atoms. The second kappa shape index (κ2) is 10.2. The van der Waals surface area contributed by atoms with E-state index < -0.39 is 10.0 Å².